The van der Waals surface area contributed by atoms with E-state index in [0.717, 1.165) is 6.33 Å². The Kier molecular flexibility index (Phi) is 5.87. The molecule has 0 unspecified atom stereocenters. The zero-order valence-electron chi connectivity index (χ0n) is 15.1. The topological polar surface area (TPSA) is 115 Å². The number of pyridine rings is 1. The summed E-state index contributed by atoms with van der Waals surface area (Å²) in [5, 5.41) is 16.5. The largest absolute Gasteiger partial charge is 0.497 e. The molecule has 2 N–H and O–H groups in total. The van der Waals surface area contributed by atoms with Crippen LogP contribution in [0.1, 0.15) is 5.56 Å². The molecule has 0 atom stereocenters. The molecular formula is C17H12ClF3N6O3. The molecule has 0 amide bonds. The number of aromatic nitrogens is 3. The SMILES string of the molecule is COc1ccc(Nc2ncnc(Nc3ncc(C(F)(F)F)cc3Cl)c2[N+](=O)[O-])cc1. The van der Waals surface area contributed by atoms with Gasteiger partial charge in [0.05, 0.1) is 22.6 Å². The molecule has 0 aliphatic heterocycles. The lowest BCUT2D eigenvalue weighted by atomic mass is 10.2. The molecule has 3 aromatic rings. The van der Waals surface area contributed by atoms with Crippen molar-refractivity contribution in [1.82, 2.24) is 15.0 Å². The molecule has 0 radical (unpaired) electrons. The number of alkyl halides is 3. The third-order valence-electron chi connectivity index (χ3n) is 3.76. The molecule has 2 aromatic heterocycles. The molecule has 30 heavy (non-hydrogen) atoms. The van der Waals surface area contributed by atoms with E-state index in [1.165, 1.54) is 7.11 Å². The third kappa shape index (κ3) is 4.66. The Labute approximate surface area is 172 Å². The normalized spacial score (nSPS) is 11.1. The first kappa shape index (κ1) is 21.0. The molecule has 0 saturated heterocycles. The van der Waals surface area contributed by atoms with Crippen molar-refractivity contribution in [2.75, 3.05) is 17.7 Å². The number of hydrogen-bond acceptors (Lipinski definition) is 8. The summed E-state index contributed by atoms with van der Waals surface area (Å²) >= 11 is 5.85. The van der Waals surface area contributed by atoms with Gasteiger partial charge in [-0.2, -0.15) is 13.2 Å². The molecule has 0 aliphatic rings. The summed E-state index contributed by atoms with van der Waals surface area (Å²) in [7, 11) is 1.50. The Morgan fingerprint density at radius 3 is 2.23 bits per heavy atom. The van der Waals surface area contributed by atoms with Gasteiger partial charge >= 0.3 is 11.9 Å². The zero-order valence-corrected chi connectivity index (χ0v) is 15.8. The third-order valence-corrected chi connectivity index (χ3v) is 4.05. The average Bonchev–Trinajstić information content (AvgIpc) is 2.69. The first-order chi connectivity index (χ1) is 14.2. The van der Waals surface area contributed by atoms with Gasteiger partial charge in [0.2, 0.25) is 11.6 Å². The summed E-state index contributed by atoms with van der Waals surface area (Å²) in [6.07, 6.45) is -3.04. The number of hydrogen-bond donors (Lipinski definition) is 2. The second-order valence-electron chi connectivity index (χ2n) is 5.71. The molecule has 0 bridgehead atoms. The number of halogens is 4. The van der Waals surface area contributed by atoms with Crippen molar-refractivity contribution in [3.8, 4) is 5.75 Å². The lowest BCUT2D eigenvalue weighted by Gasteiger charge is -2.12. The van der Waals surface area contributed by atoms with Gasteiger partial charge in [0, 0.05) is 11.9 Å². The van der Waals surface area contributed by atoms with Crippen LogP contribution < -0.4 is 15.4 Å². The molecule has 0 saturated carbocycles. The van der Waals surface area contributed by atoms with Gasteiger partial charge in [-0.25, -0.2) is 15.0 Å². The summed E-state index contributed by atoms with van der Waals surface area (Å²) < 4.78 is 43.3. The minimum Gasteiger partial charge on any atom is -0.497 e. The Morgan fingerprint density at radius 1 is 1.07 bits per heavy atom. The molecule has 9 nitrogen and oxygen atoms in total. The molecule has 0 aliphatic carbocycles. The van der Waals surface area contributed by atoms with E-state index in [2.05, 4.69) is 25.6 Å². The van der Waals surface area contributed by atoms with Crippen molar-refractivity contribution in [2.45, 2.75) is 6.18 Å². The van der Waals surface area contributed by atoms with Crippen molar-refractivity contribution in [2.24, 2.45) is 0 Å². The summed E-state index contributed by atoms with van der Waals surface area (Å²) in [6.45, 7) is 0. The predicted molar refractivity (Wildman–Crippen MR) is 102 cm³/mol. The second-order valence-corrected chi connectivity index (χ2v) is 6.11. The number of nitrogens with zero attached hydrogens (tertiary/aromatic N) is 4. The highest BCUT2D eigenvalue weighted by molar-refractivity contribution is 6.33. The molecule has 0 fully saturated rings. The maximum Gasteiger partial charge on any atom is 0.417 e. The van der Waals surface area contributed by atoms with Crippen LogP contribution >= 0.6 is 11.6 Å². The lowest BCUT2D eigenvalue weighted by molar-refractivity contribution is -0.383. The summed E-state index contributed by atoms with van der Waals surface area (Å²) in [5.41, 5.74) is -1.13. The molecule has 3 rings (SSSR count). The number of nitrogens with one attached hydrogen (secondary N) is 2. The molecule has 13 heteroatoms. The fourth-order valence-corrected chi connectivity index (χ4v) is 2.56. The fourth-order valence-electron chi connectivity index (χ4n) is 2.34. The van der Waals surface area contributed by atoms with Gasteiger partial charge in [-0.05, 0) is 30.3 Å². The summed E-state index contributed by atoms with van der Waals surface area (Å²) in [5.74, 6) is -0.101. The number of nitro groups is 1. The predicted octanol–water partition coefficient (Wildman–Crippen LogP) is 4.95. The van der Waals surface area contributed by atoms with Gasteiger partial charge in [-0.15, -0.1) is 0 Å². The van der Waals surface area contributed by atoms with Crippen molar-refractivity contribution in [3.63, 3.8) is 0 Å². The summed E-state index contributed by atoms with van der Waals surface area (Å²) in [6, 6.07) is 7.17. The van der Waals surface area contributed by atoms with Crippen molar-refractivity contribution in [3.05, 3.63) is 63.6 Å². The van der Waals surface area contributed by atoms with Crippen LogP contribution in [0, 0.1) is 10.1 Å². The van der Waals surface area contributed by atoms with Gasteiger partial charge in [0.25, 0.3) is 0 Å². The van der Waals surface area contributed by atoms with Gasteiger partial charge in [-0.3, -0.25) is 10.1 Å². The van der Waals surface area contributed by atoms with Crippen LogP contribution in [0.3, 0.4) is 0 Å². The van der Waals surface area contributed by atoms with Gasteiger partial charge in [-0.1, -0.05) is 11.6 Å². The van der Waals surface area contributed by atoms with Gasteiger partial charge < -0.3 is 15.4 Å². The maximum atomic E-state index is 12.8. The van der Waals surface area contributed by atoms with E-state index in [9.17, 15) is 23.3 Å². The van der Waals surface area contributed by atoms with Crippen LogP contribution in [0.5, 0.6) is 5.75 Å². The molecule has 2 heterocycles. The Bertz CT molecular complexity index is 1080. The monoisotopic (exact) mass is 440 g/mol. The van der Waals surface area contributed by atoms with Crippen LogP contribution in [-0.4, -0.2) is 27.0 Å². The first-order valence-electron chi connectivity index (χ1n) is 8.09. The average molecular weight is 441 g/mol. The van der Waals surface area contributed by atoms with Crippen molar-refractivity contribution in [1.29, 1.82) is 0 Å². The first-order valence-corrected chi connectivity index (χ1v) is 8.47. The minimum atomic E-state index is -4.63. The Hall–Kier alpha value is -3.67. The fraction of sp³-hybridized carbons (Fsp3) is 0.118. The number of methoxy groups -OCH3 is 1. The highest BCUT2D eigenvalue weighted by Gasteiger charge is 2.32. The van der Waals surface area contributed by atoms with E-state index < -0.39 is 22.4 Å². The molecular weight excluding hydrogens is 429 g/mol. The number of anilines is 4. The second kappa shape index (κ2) is 8.37. The van der Waals surface area contributed by atoms with Crippen LogP contribution in [0.15, 0.2) is 42.9 Å². The van der Waals surface area contributed by atoms with E-state index in [-0.39, 0.29) is 22.5 Å². The number of ether oxygens (including phenoxy) is 1. The van der Waals surface area contributed by atoms with Gasteiger partial charge in [0.15, 0.2) is 5.82 Å². The minimum absolute atomic E-state index is 0.147. The van der Waals surface area contributed by atoms with E-state index in [4.69, 9.17) is 16.3 Å². The van der Waals surface area contributed by atoms with E-state index >= 15 is 0 Å². The lowest BCUT2D eigenvalue weighted by Crippen LogP contribution is -2.08. The molecule has 156 valence electrons. The quantitative estimate of drug-likeness (QED) is 0.408. The highest BCUT2D eigenvalue weighted by atomic mass is 35.5. The Balaban J connectivity index is 1.94. The number of benzene rings is 1. The van der Waals surface area contributed by atoms with Crippen LogP contribution in [-0.2, 0) is 6.18 Å². The van der Waals surface area contributed by atoms with Crippen molar-refractivity contribution >= 4 is 40.4 Å². The Morgan fingerprint density at radius 2 is 1.70 bits per heavy atom. The zero-order chi connectivity index (χ0) is 21.9. The van der Waals surface area contributed by atoms with Crippen molar-refractivity contribution < 1.29 is 22.8 Å². The van der Waals surface area contributed by atoms with Crippen LogP contribution in [0.2, 0.25) is 5.02 Å². The molecule has 1 aromatic carbocycles. The smallest absolute Gasteiger partial charge is 0.417 e. The van der Waals surface area contributed by atoms with Gasteiger partial charge in [0.1, 0.15) is 12.1 Å². The van der Waals surface area contributed by atoms with E-state index in [1.807, 2.05) is 0 Å². The van der Waals surface area contributed by atoms with E-state index in [0.29, 0.717) is 23.7 Å². The van der Waals surface area contributed by atoms with Crippen LogP contribution in [0.4, 0.5) is 42.0 Å². The highest BCUT2D eigenvalue weighted by Crippen LogP contribution is 2.36. The number of rotatable bonds is 6. The van der Waals surface area contributed by atoms with Crippen LogP contribution in [0.25, 0.3) is 0 Å². The maximum absolute atomic E-state index is 12.8. The standard InChI is InChI=1S/C17H12ClF3N6O3/c1-30-11-4-2-10(3-5-11)25-15-13(27(28)29)16(24-8-23-15)26-14-12(18)6-9(7-22-14)17(19,20)21/h2-8H,1H3,(H2,22,23,24,25,26). The molecule has 0 spiro atoms. The van der Waals surface area contributed by atoms with E-state index in [1.54, 1.807) is 24.3 Å². The summed E-state index contributed by atoms with van der Waals surface area (Å²) in [4.78, 5) is 22.1.